The van der Waals surface area contributed by atoms with Gasteiger partial charge in [-0.05, 0) is 46.0 Å². The number of alkyl carbamates (subject to hydrolysis) is 1. The molecule has 212 valence electrons. The molecule has 0 aromatic carbocycles. The molecule has 4 amide bonds. The van der Waals surface area contributed by atoms with Crippen LogP contribution in [0, 0.1) is 5.92 Å². The fourth-order valence-electron chi connectivity index (χ4n) is 4.50. The predicted molar refractivity (Wildman–Crippen MR) is 146 cm³/mol. The molecule has 0 radical (unpaired) electrons. The van der Waals surface area contributed by atoms with Crippen molar-refractivity contribution in [1.29, 1.82) is 0 Å². The van der Waals surface area contributed by atoms with Crippen molar-refractivity contribution in [2.75, 3.05) is 24.6 Å². The molecule has 10 nitrogen and oxygen atoms in total. The number of likely N-dealkylation sites (tertiary alicyclic amines) is 1. The van der Waals surface area contributed by atoms with Crippen molar-refractivity contribution >= 4 is 47.3 Å². The van der Waals surface area contributed by atoms with E-state index >= 15 is 0 Å². The zero-order valence-corrected chi connectivity index (χ0v) is 24.4. The highest BCUT2D eigenvalue weighted by Gasteiger charge is 2.52. The Bertz CT molecular complexity index is 799. The molecule has 1 spiro atoms. The van der Waals surface area contributed by atoms with Gasteiger partial charge < -0.3 is 20.3 Å². The van der Waals surface area contributed by atoms with E-state index in [0.29, 0.717) is 32.4 Å². The molecular weight excluding hydrogens is 516 g/mol. The molecule has 2 rings (SSSR count). The quantitative estimate of drug-likeness (QED) is 0.162. The second kappa shape index (κ2) is 14.5. The minimum atomic E-state index is -0.771. The molecule has 12 heteroatoms. The molecule has 37 heavy (non-hydrogen) atoms. The summed E-state index contributed by atoms with van der Waals surface area (Å²) in [4.78, 5) is 52.3. The molecule has 0 saturated carbocycles. The number of thioether (sulfide) groups is 2. The number of carbonyl (C=O) groups excluding carboxylic acids is 4. The molecule has 2 heterocycles. The summed E-state index contributed by atoms with van der Waals surface area (Å²) in [5, 5.41) is 14.3. The smallest absolute Gasteiger partial charge is 0.408 e. The van der Waals surface area contributed by atoms with Crippen molar-refractivity contribution in [3.05, 3.63) is 0 Å². The Kier molecular flexibility index (Phi) is 12.4. The maximum atomic E-state index is 13.8. The first-order valence-electron chi connectivity index (χ1n) is 13.1. The molecule has 2 aliphatic heterocycles. The van der Waals surface area contributed by atoms with Crippen molar-refractivity contribution in [2.24, 2.45) is 5.92 Å². The maximum Gasteiger partial charge on any atom is 0.408 e. The summed E-state index contributed by atoms with van der Waals surface area (Å²) in [5.41, 5.74) is 0.941. The first-order valence-corrected chi connectivity index (χ1v) is 15.1. The van der Waals surface area contributed by atoms with E-state index in [1.54, 1.807) is 31.2 Å². The molecular formula is C25H44N4O6S2. The van der Waals surface area contributed by atoms with Crippen molar-refractivity contribution < 1.29 is 29.1 Å². The van der Waals surface area contributed by atoms with E-state index in [2.05, 4.69) is 10.6 Å². The number of hydroxylamine groups is 1. The SMILES string of the molecule is CC(C)C[C@@H](NC(=O)OC(C)(C)C)C(=O)N1CC2(C[C@H]1C(=O)NCCCCCCC(=O)NO)SCCS2. The molecule has 0 aromatic rings. The highest BCUT2D eigenvalue weighted by Crippen LogP contribution is 2.52. The predicted octanol–water partition coefficient (Wildman–Crippen LogP) is 3.28. The summed E-state index contributed by atoms with van der Waals surface area (Å²) in [6.07, 6.45) is 3.76. The lowest BCUT2D eigenvalue weighted by Crippen LogP contribution is -2.54. The second-order valence-corrected chi connectivity index (χ2v) is 14.3. The van der Waals surface area contributed by atoms with Crippen LogP contribution in [0.4, 0.5) is 4.79 Å². The average Bonchev–Trinajstić information content (AvgIpc) is 3.42. The van der Waals surface area contributed by atoms with Crippen LogP contribution in [-0.4, -0.2) is 80.3 Å². The van der Waals surface area contributed by atoms with E-state index < -0.39 is 29.7 Å². The second-order valence-electron chi connectivity index (χ2n) is 11.1. The number of hydrogen-bond acceptors (Lipinski definition) is 8. The zero-order valence-electron chi connectivity index (χ0n) is 22.8. The normalized spacial score (nSPS) is 19.6. The minimum Gasteiger partial charge on any atom is -0.444 e. The summed E-state index contributed by atoms with van der Waals surface area (Å²) >= 11 is 3.62. The number of unbranched alkanes of at least 4 members (excludes halogenated alkanes) is 3. The van der Waals surface area contributed by atoms with Crippen LogP contribution in [0.25, 0.3) is 0 Å². The number of carbonyl (C=O) groups is 4. The van der Waals surface area contributed by atoms with Crippen LogP contribution in [0.2, 0.25) is 0 Å². The third-order valence-corrected chi connectivity index (χ3v) is 9.57. The lowest BCUT2D eigenvalue weighted by molar-refractivity contribution is -0.140. The first-order chi connectivity index (χ1) is 17.4. The van der Waals surface area contributed by atoms with E-state index in [-0.39, 0.29) is 28.2 Å². The van der Waals surface area contributed by atoms with Gasteiger partial charge in [0.15, 0.2) is 0 Å². The Balaban J connectivity index is 2.02. The van der Waals surface area contributed by atoms with Gasteiger partial charge in [0, 0.05) is 37.4 Å². The van der Waals surface area contributed by atoms with Gasteiger partial charge in [0.2, 0.25) is 17.7 Å². The van der Waals surface area contributed by atoms with E-state index in [0.717, 1.165) is 30.8 Å². The van der Waals surface area contributed by atoms with Crippen molar-refractivity contribution in [3.8, 4) is 0 Å². The summed E-state index contributed by atoms with van der Waals surface area (Å²) < 4.78 is 5.20. The van der Waals surface area contributed by atoms with Gasteiger partial charge in [0.25, 0.3) is 0 Å². The van der Waals surface area contributed by atoms with Crippen LogP contribution in [0.5, 0.6) is 0 Å². The third kappa shape index (κ3) is 10.6. The number of hydrogen-bond donors (Lipinski definition) is 4. The molecule has 2 saturated heterocycles. The number of nitrogens with one attached hydrogen (secondary N) is 3. The Morgan fingerprint density at radius 2 is 1.73 bits per heavy atom. The molecule has 2 aliphatic rings. The number of ether oxygens (including phenoxy) is 1. The zero-order chi connectivity index (χ0) is 27.6. The topological polar surface area (TPSA) is 137 Å². The first kappa shape index (κ1) is 31.6. The summed E-state index contributed by atoms with van der Waals surface area (Å²) in [7, 11) is 0. The fourth-order valence-corrected chi connectivity index (χ4v) is 7.76. The number of amides is 4. The van der Waals surface area contributed by atoms with E-state index in [1.807, 2.05) is 37.4 Å². The van der Waals surface area contributed by atoms with E-state index in [1.165, 1.54) is 0 Å². The van der Waals surface area contributed by atoms with Gasteiger partial charge in [-0.1, -0.05) is 26.7 Å². The molecule has 2 atom stereocenters. The standard InChI is InChI=1S/C25H44N4O6S2/c1-17(2)14-18(27-23(33)35-24(3,4)5)22(32)29-16-25(36-12-13-37-25)15-19(29)21(31)26-11-9-7-6-8-10-20(30)28-34/h17-19,34H,6-16H2,1-5H3,(H,26,31)(H,27,33)(H,28,30)/t18-,19+/m1/s1. The van der Waals surface area contributed by atoms with Gasteiger partial charge in [-0.15, -0.1) is 23.5 Å². The van der Waals surface area contributed by atoms with Crippen molar-refractivity contribution in [1.82, 2.24) is 21.0 Å². The number of rotatable bonds is 12. The molecule has 0 unspecified atom stereocenters. The molecule has 0 aromatic heterocycles. The molecule has 0 aliphatic carbocycles. The van der Waals surface area contributed by atoms with Gasteiger partial charge in [-0.3, -0.25) is 19.6 Å². The van der Waals surface area contributed by atoms with Crippen molar-refractivity contribution in [3.63, 3.8) is 0 Å². The van der Waals surface area contributed by atoms with Gasteiger partial charge >= 0.3 is 6.09 Å². The highest BCUT2D eigenvalue weighted by atomic mass is 32.2. The lowest BCUT2D eigenvalue weighted by atomic mass is 10.0. The highest BCUT2D eigenvalue weighted by molar-refractivity contribution is 8.21. The largest absolute Gasteiger partial charge is 0.444 e. The lowest BCUT2D eigenvalue weighted by Gasteiger charge is -2.30. The van der Waals surface area contributed by atoms with Gasteiger partial charge in [0.1, 0.15) is 17.7 Å². The van der Waals surface area contributed by atoms with Gasteiger partial charge in [-0.2, -0.15) is 0 Å². The number of nitrogens with zero attached hydrogens (tertiary/aromatic N) is 1. The Morgan fingerprint density at radius 1 is 1.08 bits per heavy atom. The summed E-state index contributed by atoms with van der Waals surface area (Å²) in [6.45, 7) is 10.3. The minimum absolute atomic E-state index is 0.159. The summed E-state index contributed by atoms with van der Waals surface area (Å²) in [5.74, 6) is 1.33. The van der Waals surface area contributed by atoms with Gasteiger partial charge in [0.05, 0.1) is 4.08 Å². The monoisotopic (exact) mass is 560 g/mol. The molecule has 0 bridgehead atoms. The van der Waals surface area contributed by atoms with Crippen LogP contribution >= 0.6 is 23.5 Å². The average molecular weight is 561 g/mol. The Labute approximate surface area is 229 Å². The Hall–Kier alpha value is -1.66. The van der Waals surface area contributed by atoms with Crippen molar-refractivity contribution in [2.45, 2.75) is 101 Å². The van der Waals surface area contributed by atoms with E-state index in [4.69, 9.17) is 9.94 Å². The fraction of sp³-hybridized carbons (Fsp3) is 0.840. The van der Waals surface area contributed by atoms with Crippen LogP contribution < -0.4 is 16.1 Å². The van der Waals surface area contributed by atoms with E-state index in [9.17, 15) is 19.2 Å². The maximum absolute atomic E-state index is 13.8. The van der Waals surface area contributed by atoms with Crippen LogP contribution in [0.15, 0.2) is 0 Å². The third-order valence-electron chi connectivity index (χ3n) is 6.14. The van der Waals surface area contributed by atoms with Crippen LogP contribution in [0.3, 0.4) is 0 Å². The molecule has 4 N–H and O–H groups in total. The Morgan fingerprint density at radius 3 is 2.32 bits per heavy atom. The van der Waals surface area contributed by atoms with Gasteiger partial charge in [-0.25, -0.2) is 10.3 Å². The molecule has 2 fully saturated rings. The summed E-state index contributed by atoms with van der Waals surface area (Å²) in [6, 6.07) is -1.36. The van der Waals surface area contributed by atoms with Crippen LogP contribution in [-0.2, 0) is 19.1 Å². The van der Waals surface area contributed by atoms with Crippen LogP contribution in [0.1, 0.15) is 79.6 Å².